The third-order valence-electron chi connectivity index (χ3n) is 1.85. The maximum Gasteiger partial charge on any atom is 0.221 e. The predicted octanol–water partition coefficient (Wildman–Crippen LogP) is 1.00. The van der Waals surface area contributed by atoms with Crippen molar-refractivity contribution >= 4 is 27.7 Å². The molecule has 4 N–H and O–H groups in total. The van der Waals surface area contributed by atoms with E-state index in [0.717, 1.165) is 4.47 Å². The van der Waals surface area contributed by atoms with Crippen LogP contribution in [0.25, 0.3) is 0 Å². The van der Waals surface area contributed by atoms with Crippen molar-refractivity contribution in [1.29, 1.82) is 0 Å². The van der Waals surface area contributed by atoms with E-state index in [4.69, 9.17) is 5.73 Å². The molecule has 5 nitrogen and oxygen atoms in total. The van der Waals surface area contributed by atoms with Crippen molar-refractivity contribution < 1.29 is 5.11 Å². The van der Waals surface area contributed by atoms with Gasteiger partial charge in [-0.2, -0.15) is 4.98 Å². The zero-order valence-electron chi connectivity index (χ0n) is 8.03. The van der Waals surface area contributed by atoms with E-state index in [1.807, 2.05) is 6.92 Å². The lowest BCUT2D eigenvalue weighted by Gasteiger charge is -2.17. The van der Waals surface area contributed by atoms with Gasteiger partial charge in [0.15, 0.2) is 0 Å². The first-order valence-corrected chi connectivity index (χ1v) is 5.02. The van der Waals surface area contributed by atoms with Crippen molar-refractivity contribution in [1.82, 2.24) is 9.97 Å². The topological polar surface area (TPSA) is 84.1 Å². The lowest BCUT2D eigenvalue weighted by Crippen LogP contribution is -2.28. The average molecular weight is 261 g/mol. The molecule has 0 aromatic carbocycles. The van der Waals surface area contributed by atoms with Gasteiger partial charge in [-0.15, -0.1) is 0 Å². The van der Waals surface area contributed by atoms with Crippen LogP contribution in [0.4, 0.5) is 11.8 Å². The Morgan fingerprint density at radius 3 is 2.79 bits per heavy atom. The Balaban J connectivity index is 2.80. The molecule has 0 fully saturated rings. The molecule has 0 spiro atoms. The maximum absolute atomic E-state index is 9.29. The van der Waals surface area contributed by atoms with Crippen LogP contribution in [0.2, 0.25) is 0 Å². The van der Waals surface area contributed by atoms with E-state index in [1.165, 1.54) is 0 Å². The first-order chi connectivity index (χ1) is 6.50. The predicted molar refractivity (Wildman–Crippen MR) is 58.9 cm³/mol. The Kier molecular flexibility index (Phi) is 3.65. The smallest absolute Gasteiger partial charge is 0.221 e. The standard InChI is InChI=1S/C8H13BrN4O/c1-4(5(2)14)12-7-6(9)3-11-8(10)13-7/h3-5,14H,1-2H3,(H3,10,11,12,13)/t4-,5-/m1/s1. The molecule has 0 saturated carbocycles. The molecular formula is C8H13BrN4O. The van der Waals surface area contributed by atoms with Crippen LogP contribution in [0.3, 0.4) is 0 Å². The molecule has 1 heterocycles. The quantitative estimate of drug-likeness (QED) is 0.756. The molecule has 78 valence electrons. The van der Waals surface area contributed by atoms with Gasteiger partial charge in [-0.1, -0.05) is 0 Å². The molecule has 2 atom stereocenters. The SMILES string of the molecule is C[C@@H](O)[C@@H](C)Nc1nc(N)ncc1Br. The van der Waals surface area contributed by atoms with Crippen LogP contribution in [0.1, 0.15) is 13.8 Å². The molecule has 0 aliphatic carbocycles. The van der Waals surface area contributed by atoms with Crippen molar-refractivity contribution in [3.05, 3.63) is 10.7 Å². The Morgan fingerprint density at radius 2 is 2.21 bits per heavy atom. The van der Waals surface area contributed by atoms with Crippen LogP contribution in [0, 0.1) is 0 Å². The summed E-state index contributed by atoms with van der Waals surface area (Å²) in [6, 6.07) is -0.0967. The van der Waals surface area contributed by atoms with E-state index in [0.29, 0.717) is 5.82 Å². The highest BCUT2D eigenvalue weighted by molar-refractivity contribution is 9.10. The highest BCUT2D eigenvalue weighted by atomic mass is 79.9. The number of nitrogens with one attached hydrogen (secondary N) is 1. The summed E-state index contributed by atoms with van der Waals surface area (Å²) in [5.74, 6) is 0.791. The number of aromatic nitrogens is 2. The number of rotatable bonds is 3. The number of nitrogen functional groups attached to an aromatic ring is 1. The van der Waals surface area contributed by atoms with E-state index in [9.17, 15) is 5.11 Å². The van der Waals surface area contributed by atoms with Crippen LogP contribution in [-0.2, 0) is 0 Å². The first-order valence-electron chi connectivity index (χ1n) is 4.23. The molecule has 6 heteroatoms. The van der Waals surface area contributed by atoms with Crippen LogP contribution < -0.4 is 11.1 Å². The third kappa shape index (κ3) is 2.81. The summed E-state index contributed by atoms with van der Waals surface area (Å²) >= 11 is 3.28. The van der Waals surface area contributed by atoms with Gasteiger partial charge in [0, 0.05) is 6.20 Å². The minimum atomic E-state index is -0.460. The maximum atomic E-state index is 9.29. The number of hydrogen-bond acceptors (Lipinski definition) is 5. The summed E-state index contributed by atoms with van der Waals surface area (Å²) in [4.78, 5) is 7.80. The van der Waals surface area contributed by atoms with Gasteiger partial charge in [0.25, 0.3) is 0 Å². The number of hydrogen-bond donors (Lipinski definition) is 3. The number of nitrogens with two attached hydrogens (primary N) is 1. The van der Waals surface area contributed by atoms with Crippen molar-refractivity contribution in [2.75, 3.05) is 11.1 Å². The minimum absolute atomic E-state index is 0.0967. The molecule has 0 aliphatic heterocycles. The fourth-order valence-electron chi connectivity index (χ4n) is 0.818. The zero-order valence-corrected chi connectivity index (χ0v) is 9.62. The lowest BCUT2D eigenvalue weighted by atomic mass is 10.2. The number of halogens is 1. The molecule has 0 unspecified atom stereocenters. The summed E-state index contributed by atoms with van der Waals surface area (Å²) < 4.78 is 0.721. The van der Waals surface area contributed by atoms with Gasteiger partial charge in [-0.05, 0) is 29.8 Å². The number of aliphatic hydroxyl groups excluding tert-OH is 1. The van der Waals surface area contributed by atoms with Crippen molar-refractivity contribution in [3.8, 4) is 0 Å². The van der Waals surface area contributed by atoms with Crippen LogP contribution in [0.5, 0.6) is 0 Å². The fourth-order valence-corrected chi connectivity index (χ4v) is 1.12. The number of nitrogens with zero attached hydrogens (tertiary/aromatic N) is 2. The summed E-state index contributed by atoms with van der Waals surface area (Å²) in [6.07, 6.45) is 1.11. The van der Waals surface area contributed by atoms with Gasteiger partial charge >= 0.3 is 0 Å². The molecule has 14 heavy (non-hydrogen) atoms. The highest BCUT2D eigenvalue weighted by Crippen LogP contribution is 2.20. The minimum Gasteiger partial charge on any atom is -0.391 e. The van der Waals surface area contributed by atoms with Crippen molar-refractivity contribution in [2.45, 2.75) is 26.0 Å². The zero-order chi connectivity index (χ0) is 10.7. The monoisotopic (exact) mass is 260 g/mol. The fraction of sp³-hybridized carbons (Fsp3) is 0.500. The Morgan fingerprint density at radius 1 is 1.57 bits per heavy atom. The molecule has 0 radical (unpaired) electrons. The van der Waals surface area contributed by atoms with Crippen LogP contribution in [0.15, 0.2) is 10.7 Å². The Bertz CT molecular complexity index is 318. The molecule has 1 aromatic rings. The second kappa shape index (κ2) is 4.56. The van der Waals surface area contributed by atoms with Gasteiger partial charge in [0.1, 0.15) is 5.82 Å². The normalized spacial score (nSPS) is 14.9. The van der Waals surface area contributed by atoms with E-state index >= 15 is 0 Å². The van der Waals surface area contributed by atoms with Crippen molar-refractivity contribution in [3.63, 3.8) is 0 Å². The van der Waals surface area contributed by atoms with E-state index in [1.54, 1.807) is 13.1 Å². The summed E-state index contributed by atoms with van der Waals surface area (Å²) in [5, 5.41) is 12.3. The second-order valence-electron chi connectivity index (χ2n) is 3.10. The molecule has 0 amide bonds. The largest absolute Gasteiger partial charge is 0.391 e. The number of aliphatic hydroxyl groups is 1. The van der Waals surface area contributed by atoms with Gasteiger partial charge < -0.3 is 16.2 Å². The van der Waals surface area contributed by atoms with Gasteiger partial charge in [0.2, 0.25) is 5.95 Å². The van der Waals surface area contributed by atoms with Crippen molar-refractivity contribution in [2.24, 2.45) is 0 Å². The molecule has 0 bridgehead atoms. The van der Waals surface area contributed by atoms with E-state index in [-0.39, 0.29) is 12.0 Å². The van der Waals surface area contributed by atoms with Gasteiger partial charge in [-0.25, -0.2) is 4.98 Å². The molecule has 0 aliphatic rings. The van der Waals surface area contributed by atoms with Crippen LogP contribution in [-0.4, -0.2) is 27.2 Å². The average Bonchev–Trinajstić information content (AvgIpc) is 2.11. The molecular weight excluding hydrogens is 248 g/mol. The van der Waals surface area contributed by atoms with Gasteiger partial charge in [0.05, 0.1) is 16.6 Å². The summed E-state index contributed by atoms with van der Waals surface area (Å²) in [6.45, 7) is 3.56. The Labute approximate surface area is 90.9 Å². The lowest BCUT2D eigenvalue weighted by molar-refractivity contribution is 0.177. The molecule has 0 saturated heterocycles. The summed E-state index contributed by atoms with van der Waals surface area (Å²) in [7, 11) is 0. The van der Waals surface area contributed by atoms with Crippen LogP contribution >= 0.6 is 15.9 Å². The van der Waals surface area contributed by atoms with E-state index in [2.05, 4.69) is 31.2 Å². The molecule has 1 rings (SSSR count). The van der Waals surface area contributed by atoms with Gasteiger partial charge in [-0.3, -0.25) is 0 Å². The highest BCUT2D eigenvalue weighted by Gasteiger charge is 2.11. The second-order valence-corrected chi connectivity index (χ2v) is 3.95. The van der Waals surface area contributed by atoms with E-state index < -0.39 is 6.10 Å². The third-order valence-corrected chi connectivity index (χ3v) is 2.43. The first kappa shape index (κ1) is 11.2. The Hall–Kier alpha value is -0.880. The number of anilines is 2. The molecule has 1 aromatic heterocycles. The summed E-state index contributed by atoms with van der Waals surface area (Å²) in [5.41, 5.74) is 5.43.